The lowest BCUT2D eigenvalue weighted by Crippen LogP contribution is -2.41. The van der Waals surface area contributed by atoms with Gasteiger partial charge in [0.2, 0.25) is 0 Å². The molecule has 0 heterocycles. The van der Waals surface area contributed by atoms with Gasteiger partial charge in [-0.1, -0.05) is 19.8 Å². The number of rotatable bonds is 9. The minimum Gasteiger partial charge on any atom is -0.390 e. The fourth-order valence-corrected chi connectivity index (χ4v) is 5.81. The maximum atomic E-state index is 12.5. The van der Waals surface area contributed by atoms with Crippen molar-refractivity contribution in [3.63, 3.8) is 0 Å². The highest BCUT2D eigenvalue weighted by atomic mass is 16.3. The summed E-state index contributed by atoms with van der Waals surface area (Å²) in [5.41, 5.74) is -1.64. The van der Waals surface area contributed by atoms with Crippen LogP contribution in [0.5, 0.6) is 0 Å². The van der Waals surface area contributed by atoms with Gasteiger partial charge in [-0.15, -0.1) is 0 Å². The van der Waals surface area contributed by atoms with Crippen LogP contribution in [0.4, 0.5) is 0 Å². The van der Waals surface area contributed by atoms with E-state index in [4.69, 9.17) is 0 Å². The van der Waals surface area contributed by atoms with E-state index in [2.05, 4.69) is 6.92 Å². The molecular weight excluding hydrogens is 340 g/mol. The Bertz CT molecular complexity index is 501. The van der Waals surface area contributed by atoms with E-state index < -0.39 is 17.3 Å². The highest BCUT2D eigenvalue weighted by Gasteiger charge is 2.52. The summed E-state index contributed by atoms with van der Waals surface area (Å²) < 4.78 is 0. The Balaban J connectivity index is 2.09. The van der Waals surface area contributed by atoms with Crippen LogP contribution in [0.15, 0.2) is 0 Å². The van der Waals surface area contributed by atoms with E-state index in [-0.39, 0.29) is 11.3 Å². The summed E-state index contributed by atoms with van der Waals surface area (Å²) in [6.07, 6.45) is 8.45. The van der Waals surface area contributed by atoms with E-state index in [1.807, 2.05) is 13.8 Å². The van der Waals surface area contributed by atoms with Gasteiger partial charge in [0.1, 0.15) is 5.78 Å². The molecule has 2 saturated carbocycles. The number of aliphatic hydroxyl groups is 3. The molecule has 158 valence electrons. The predicted octanol–water partition coefficient (Wildman–Crippen LogP) is 4.24. The number of hydrogen-bond donors (Lipinski definition) is 3. The minimum atomic E-state index is -1.08. The van der Waals surface area contributed by atoms with Gasteiger partial charge in [0.05, 0.1) is 17.3 Å². The monoisotopic (exact) mass is 382 g/mol. The fraction of sp³-hybridized carbons (Fsp3) is 0.957. The van der Waals surface area contributed by atoms with E-state index >= 15 is 0 Å². The molecule has 5 atom stereocenters. The number of ketones is 1. The normalized spacial score (nSPS) is 31.6. The number of carbonyl (C=O) groups excluding carboxylic acids is 1. The molecule has 2 aliphatic rings. The van der Waals surface area contributed by atoms with Crippen molar-refractivity contribution in [3.8, 4) is 0 Å². The van der Waals surface area contributed by atoms with Crippen LogP contribution in [0, 0.1) is 23.2 Å². The minimum absolute atomic E-state index is 0.0917. The molecule has 0 amide bonds. The van der Waals surface area contributed by atoms with Gasteiger partial charge in [0, 0.05) is 12.3 Å². The van der Waals surface area contributed by atoms with E-state index in [1.165, 1.54) is 0 Å². The van der Waals surface area contributed by atoms with Gasteiger partial charge in [-0.2, -0.15) is 0 Å². The molecule has 2 aliphatic carbocycles. The van der Waals surface area contributed by atoms with E-state index in [0.717, 1.165) is 57.8 Å². The second-order valence-electron chi connectivity index (χ2n) is 10.8. The van der Waals surface area contributed by atoms with Crippen molar-refractivity contribution in [1.82, 2.24) is 0 Å². The van der Waals surface area contributed by atoms with E-state index in [0.29, 0.717) is 24.0 Å². The van der Waals surface area contributed by atoms with Gasteiger partial charge in [-0.25, -0.2) is 0 Å². The predicted molar refractivity (Wildman–Crippen MR) is 108 cm³/mol. The largest absolute Gasteiger partial charge is 0.390 e. The van der Waals surface area contributed by atoms with Crippen LogP contribution < -0.4 is 0 Å². The maximum Gasteiger partial charge on any atom is 0.136 e. The van der Waals surface area contributed by atoms with Crippen LogP contribution >= 0.6 is 0 Å². The van der Waals surface area contributed by atoms with Gasteiger partial charge in [0.15, 0.2) is 0 Å². The number of hydrogen-bond acceptors (Lipinski definition) is 4. The molecule has 2 rings (SSSR count). The number of Topliss-reactive ketones (excluding diaryl/α,β-unsaturated/α-hetero) is 1. The van der Waals surface area contributed by atoms with Gasteiger partial charge >= 0.3 is 0 Å². The molecule has 3 N–H and O–H groups in total. The molecule has 0 radical (unpaired) electrons. The zero-order chi connectivity index (χ0) is 20.5. The lowest BCUT2D eigenvalue weighted by Gasteiger charge is -2.43. The Labute approximate surface area is 165 Å². The lowest BCUT2D eigenvalue weighted by atomic mass is 9.61. The Morgan fingerprint density at radius 1 is 1.11 bits per heavy atom. The zero-order valence-corrected chi connectivity index (χ0v) is 18.1. The van der Waals surface area contributed by atoms with Crippen LogP contribution in [-0.2, 0) is 4.79 Å². The molecule has 4 nitrogen and oxygen atoms in total. The summed E-state index contributed by atoms with van der Waals surface area (Å²) in [6.45, 7) is 9.35. The first kappa shape index (κ1) is 22.8. The molecule has 0 bridgehead atoms. The smallest absolute Gasteiger partial charge is 0.136 e. The first-order valence-electron chi connectivity index (χ1n) is 11.0. The Hall–Kier alpha value is -0.450. The van der Waals surface area contributed by atoms with E-state index in [9.17, 15) is 20.1 Å². The molecule has 1 unspecified atom stereocenters. The third-order valence-electron chi connectivity index (χ3n) is 7.50. The van der Waals surface area contributed by atoms with Gasteiger partial charge in [-0.3, -0.25) is 4.79 Å². The standard InChI is InChI=1S/C23H42O4/c1-21(2,26)14-6-8-16(10-13-20(25)22(3,4)27)17-11-12-18-19(24)9-7-15-23(17,18)5/h16-18,20,25-27H,6-15H2,1-5H3/t16-,17+,18?,20+,23+/m0/s1. The van der Waals surface area contributed by atoms with Crippen LogP contribution in [-0.4, -0.2) is 38.4 Å². The van der Waals surface area contributed by atoms with Crippen molar-refractivity contribution in [2.75, 3.05) is 0 Å². The van der Waals surface area contributed by atoms with Gasteiger partial charge in [-0.05, 0) is 89.9 Å². The van der Waals surface area contributed by atoms with Crippen molar-refractivity contribution in [2.45, 2.75) is 116 Å². The average molecular weight is 383 g/mol. The maximum absolute atomic E-state index is 12.5. The van der Waals surface area contributed by atoms with Gasteiger partial charge in [0.25, 0.3) is 0 Å². The Morgan fingerprint density at radius 3 is 2.37 bits per heavy atom. The SMILES string of the molecule is CC(C)(O)CCC[C@@H](CC[C@@H](O)C(C)(C)O)[C@H]1CCC2C(=O)CCC[C@@]21C. The summed E-state index contributed by atoms with van der Waals surface area (Å²) in [4.78, 5) is 12.5. The second-order valence-corrected chi connectivity index (χ2v) is 10.8. The third-order valence-corrected chi connectivity index (χ3v) is 7.50. The fourth-order valence-electron chi connectivity index (χ4n) is 5.81. The molecule has 0 spiro atoms. The number of aliphatic hydroxyl groups excluding tert-OH is 1. The molecule has 4 heteroatoms. The summed E-state index contributed by atoms with van der Waals surface area (Å²) >= 11 is 0. The second kappa shape index (κ2) is 8.51. The highest BCUT2D eigenvalue weighted by Crippen LogP contribution is 2.58. The summed E-state index contributed by atoms with van der Waals surface area (Å²) in [7, 11) is 0. The molecule has 0 saturated heterocycles. The zero-order valence-electron chi connectivity index (χ0n) is 18.1. The van der Waals surface area contributed by atoms with Crippen LogP contribution in [0.2, 0.25) is 0 Å². The first-order valence-corrected chi connectivity index (χ1v) is 11.0. The average Bonchev–Trinajstić information content (AvgIpc) is 2.86. The van der Waals surface area contributed by atoms with Crippen LogP contribution in [0.3, 0.4) is 0 Å². The van der Waals surface area contributed by atoms with Crippen molar-refractivity contribution in [1.29, 1.82) is 0 Å². The topological polar surface area (TPSA) is 77.8 Å². The van der Waals surface area contributed by atoms with Crippen LogP contribution in [0.1, 0.15) is 98.8 Å². The molecule has 0 aromatic rings. The molecule has 0 aromatic carbocycles. The lowest BCUT2D eigenvalue weighted by molar-refractivity contribution is -0.130. The summed E-state index contributed by atoms with van der Waals surface area (Å²) in [6, 6.07) is 0. The number of carbonyl (C=O) groups is 1. The molecule has 27 heavy (non-hydrogen) atoms. The molecule has 0 aromatic heterocycles. The first-order chi connectivity index (χ1) is 12.3. The molecule has 2 fully saturated rings. The highest BCUT2D eigenvalue weighted by molar-refractivity contribution is 5.83. The molecular formula is C23H42O4. The van der Waals surface area contributed by atoms with Crippen molar-refractivity contribution in [2.24, 2.45) is 23.2 Å². The van der Waals surface area contributed by atoms with Gasteiger partial charge < -0.3 is 15.3 Å². The number of fused-ring (bicyclic) bond motifs is 1. The summed E-state index contributed by atoms with van der Waals surface area (Å²) in [5, 5.41) is 30.5. The summed E-state index contributed by atoms with van der Waals surface area (Å²) in [5.74, 6) is 1.61. The third kappa shape index (κ3) is 5.77. The quantitative estimate of drug-likeness (QED) is 0.557. The molecule has 0 aliphatic heterocycles. The van der Waals surface area contributed by atoms with Crippen LogP contribution in [0.25, 0.3) is 0 Å². The van der Waals surface area contributed by atoms with Crippen molar-refractivity contribution < 1.29 is 20.1 Å². The Kier molecular flexibility index (Phi) is 7.19. The Morgan fingerprint density at radius 2 is 1.78 bits per heavy atom. The van der Waals surface area contributed by atoms with Crippen molar-refractivity contribution in [3.05, 3.63) is 0 Å². The van der Waals surface area contributed by atoms with Crippen molar-refractivity contribution >= 4 is 5.78 Å². The van der Waals surface area contributed by atoms with E-state index in [1.54, 1.807) is 13.8 Å².